The molecule has 25 heavy (non-hydrogen) atoms. The maximum Gasteiger partial charge on any atom is 0.344 e. The van der Waals surface area contributed by atoms with Crippen molar-refractivity contribution in [2.24, 2.45) is 0 Å². The van der Waals surface area contributed by atoms with Gasteiger partial charge < -0.3 is 4.74 Å². The van der Waals surface area contributed by atoms with Crippen molar-refractivity contribution in [1.29, 1.82) is 5.26 Å². The molecule has 0 N–H and O–H groups in total. The van der Waals surface area contributed by atoms with E-state index in [-0.39, 0.29) is 21.9 Å². The molecule has 0 aliphatic rings. The third-order valence-corrected chi connectivity index (χ3v) is 5.27. The van der Waals surface area contributed by atoms with Crippen molar-refractivity contribution >= 4 is 16.0 Å². The van der Waals surface area contributed by atoms with Gasteiger partial charge in [0.25, 0.3) is 0 Å². The van der Waals surface area contributed by atoms with Gasteiger partial charge in [0.15, 0.2) is 0 Å². The van der Waals surface area contributed by atoms with E-state index in [1.165, 1.54) is 38.4 Å². The molecule has 0 spiro atoms. The first-order valence-corrected chi connectivity index (χ1v) is 8.74. The zero-order chi connectivity index (χ0) is 18.8. The normalized spacial score (nSPS) is 11.2. The van der Waals surface area contributed by atoms with Crippen LogP contribution in [0, 0.1) is 25.2 Å². The molecule has 0 fully saturated rings. The van der Waals surface area contributed by atoms with Crippen molar-refractivity contribution in [3.63, 3.8) is 0 Å². The number of carbonyl (C=O) groups is 1. The first-order valence-electron chi connectivity index (χ1n) is 7.30. The maximum absolute atomic E-state index is 12.4. The highest BCUT2D eigenvalue weighted by molar-refractivity contribution is 7.89. The van der Waals surface area contributed by atoms with Gasteiger partial charge in [-0.2, -0.15) is 5.26 Å². The summed E-state index contributed by atoms with van der Waals surface area (Å²) in [5.74, 6) is -0.879. The van der Waals surface area contributed by atoms with Gasteiger partial charge in [-0.3, -0.25) is 0 Å². The zero-order valence-electron chi connectivity index (χ0n) is 14.3. The van der Waals surface area contributed by atoms with Gasteiger partial charge in [-0.1, -0.05) is 6.07 Å². The minimum Gasteiger partial charge on any atom is -0.402 e. The number of nitriles is 1. The first-order chi connectivity index (χ1) is 11.7. The van der Waals surface area contributed by atoms with E-state index in [1.807, 2.05) is 6.07 Å². The van der Waals surface area contributed by atoms with Gasteiger partial charge in [0, 0.05) is 19.8 Å². The predicted molar refractivity (Wildman–Crippen MR) is 90.7 cm³/mol. The van der Waals surface area contributed by atoms with Crippen LogP contribution in [0.15, 0.2) is 35.2 Å². The summed E-state index contributed by atoms with van der Waals surface area (Å²) in [7, 11) is -0.871. The van der Waals surface area contributed by atoms with E-state index in [4.69, 9.17) is 4.74 Å². The van der Waals surface area contributed by atoms with Crippen LogP contribution in [0.2, 0.25) is 0 Å². The van der Waals surface area contributed by atoms with Crippen molar-refractivity contribution in [2.45, 2.75) is 18.7 Å². The Labute approximate surface area is 146 Å². The average molecular weight is 359 g/mol. The molecule has 0 unspecified atom stereocenters. The number of nitrogens with zero attached hydrogens (tertiary/aromatic N) is 3. The number of carbonyl (C=O) groups excluding carboxylic acids is 1. The van der Waals surface area contributed by atoms with Crippen molar-refractivity contribution in [2.75, 3.05) is 14.1 Å². The lowest BCUT2D eigenvalue weighted by Gasteiger charge is -2.12. The average Bonchev–Trinajstić information content (AvgIpc) is 2.54. The van der Waals surface area contributed by atoms with Crippen LogP contribution < -0.4 is 4.74 Å². The second-order valence-corrected chi connectivity index (χ2v) is 7.73. The van der Waals surface area contributed by atoms with E-state index in [0.717, 1.165) is 4.31 Å². The van der Waals surface area contributed by atoms with Crippen molar-refractivity contribution < 1.29 is 17.9 Å². The standard InChI is InChI=1S/C17H17N3O4S/c1-11-8-12(2)19-16(15(11)10-18)24-17(21)13-6-5-7-14(9-13)25(22,23)20(3)4/h5-9H,1-4H3. The van der Waals surface area contributed by atoms with E-state index < -0.39 is 16.0 Å². The molecule has 0 bridgehead atoms. The number of aromatic nitrogens is 1. The molecule has 0 atom stereocenters. The molecule has 0 saturated carbocycles. The monoisotopic (exact) mass is 359 g/mol. The molecule has 7 nitrogen and oxygen atoms in total. The van der Waals surface area contributed by atoms with Crippen molar-refractivity contribution in [3.05, 3.63) is 52.7 Å². The summed E-state index contributed by atoms with van der Waals surface area (Å²) in [5, 5.41) is 9.22. The molecule has 130 valence electrons. The van der Waals surface area contributed by atoms with Gasteiger partial charge in [-0.15, -0.1) is 0 Å². The number of pyridine rings is 1. The smallest absolute Gasteiger partial charge is 0.344 e. The van der Waals surface area contributed by atoms with Crippen LogP contribution >= 0.6 is 0 Å². The fourth-order valence-electron chi connectivity index (χ4n) is 2.15. The molecule has 0 aliphatic heterocycles. The van der Waals surface area contributed by atoms with Gasteiger partial charge in [-0.25, -0.2) is 22.5 Å². The summed E-state index contributed by atoms with van der Waals surface area (Å²) in [5.41, 5.74) is 1.45. The fourth-order valence-corrected chi connectivity index (χ4v) is 3.10. The molecule has 1 heterocycles. The fraction of sp³-hybridized carbons (Fsp3) is 0.235. The number of aryl methyl sites for hydroxylation is 2. The number of ether oxygens (including phenoxy) is 1. The molecular weight excluding hydrogens is 342 g/mol. The van der Waals surface area contributed by atoms with Crippen molar-refractivity contribution in [3.8, 4) is 11.9 Å². The van der Waals surface area contributed by atoms with Crippen LogP contribution in [-0.2, 0) is 10.0 Å². The number of hydrogen-bond donors (Lipinski definition) is 0. The highest BCUT2D eigenvalue weighted by Crippen LogP contribution is 2.22. The van der Waals surface area contributed by atoms with Crippen LogP contribution in [0.5, 0.6) is 5.88 Å². The van der Waals surface area contributed by atoms with Crippen LogP contribution in [-0.4, -0.2) is 37.8 Å². The molecule has 8 heteroatoms. The van der Waals surface area contributed by atoms with E-state index >= 15 is 0 Å². The predicted octanol–water partition coefficient (Wildman–Crippen LogP) is 2.04. The maximum atomic E-state index is 12.4. The molecule has 0 amide bonds. The number of benzene rings is 1. The number of rotatable bonds is 4. The Balaban J connectivity index is 2.40. The molecule has 0 aliphatic carbocycles. The van der Waals surface area contributed by atoms with Crippen LogP contribution in [0.1, 0.15) is 27.2 Å². The first kappa shape index (κ1) is 18.6. The second kappa shape index (κ2) is 7.01. The topological polar surface area (TPSA) is 100 Å². The molecule has 0 saturated heterocycles. The van der Waals surface area contributed by atoms with E-state index in [1.54, 1.807) is 19.9 Å². The summed E-state index contributed by atoms with van der Waals surface area (Å²) in [6.45, 7) is 3.44. The van der Waals surface area contributed by atoms with Gasteiger partial charge >= 0.3 is 5.97 Å². The molecule has 1 aromatic heterocycles. The Morgan fingerprint density at radius 3 is 2.52 bits per heavy atom. The molecule has 2 rings (SSSR count). The largest absolute Gasteiger partial charge is 0.402 e. The van der Waals surface area contributed by atoms with Gasteiger partial charge in [0.05, 0.1) is 10.5 Å². The van der Waals surface area contributed by atoms with E-state index in [9.17, 15) is 18.5 Å². The van der Waals surface area contributed by atoms with Crippen molar-refractivity contribution in [1.82, 2.24) is 9.29 Å². The SMILES string of the molecule is Cc1cc(C)c(C#N)c(OC(=O)c2cccc(S(=O)(=O)N(C)C)c2)n1. The summed E-state index contributed by atoms with van der Waals surface area (Å²) in [4.78, 5) is 16.4. The van der Waals surface area contributed by atoms with Crippen LogP contribution in [0.25, 0.3) is 0 Å². The summed E-state index contributed by atoms with van der Waals surface area (Å²) < 4.78 is 30.6. The Hall–Kier alpha value is -2.76. The highest BCUT2D eigenvalue weighted by atomic mass is 32.2. The Morgan fingerprint density at radius 1 is 1.24 bits per heavy atom. The van der Waals surface area contributed by atoms with Gasteiger partial charge in [0.2, 0.25) is 15.9 Å². The molecule has 0 radical (unpaired) electrons. The third-order valence-electron chi connectivity index (χ3n) is 3.46. The minimum absolute atomic E-state index is 0.0270. The second-order valence-electron chi connectivity index (χ2n) is 5.58. The quantitative estimate of drug-likeness (QED) is 0.775. The third kappa shape index (κ3) is 3.84. The number of sulfonamides is 1. The van der Waals surface area contributed by atoms with Crippen LogP contribution in [0.3, 0.4) is 0 Å². The molecule has 2 aromatic rings. The Kier molecular flexibility index (Phi) is 5.21. The van der Waals surface area contributed by atoms with E-state index in [2.05, 4.69) is 4.98 Å². The minimum atomic E-state index is -3.67. The lowest BCUT2D eigenvalue weighted by molar-refractivity contribution is 0.0726. The van der Waals surface area contributed by atoms with Gasteiger partial charge in [0.1, 0.15) is 11.6 Å². The number of esters is 1. The molecule has 1 aromatic carbocycles. The Morgan fingerprint density at radius 2 is 1.92 bits per heavy atom. The zero-order valence-corrected chi connectivity index (χ0v) is 15.1. The number of hydrogen-bond acceptors (Lipinski definition) is 6. The van der Waals surface area contributed by atoms with Gasteiger partial charge in [-0.05, 0) is 43.7 Å². The molecular formula is C17H17N3O4S. The summed E-state index contributed by atoms with van der Waals surface area (Å²) in [6.07, 6.45) is 0. The van der Waals surface area contributed by atoms with E-state index in [0.29, 0.717) is 11.3 Å². The summed E-state index contributed by atoms with van der Waals surface area (Å²) >= 11 is 0. The lowest BCUT2D eigenvalue weighted by Crippen LogP contribution is -2.22. The summed E-state index contributed by atoms with van der Waals surface area (Å²) in [6, 6.07) is 9.17. The van der Waals surface area contributed by atoms with Crippen LogP contribution in [0.4, 0.5) is 0 Å². The Bertz CT molecular complexity index is 976. The highest BCUT2D eigenvalue weighted by Gasteiger charge is 2.20. The lowest BCUT2D eigenvalue weighted by atomic mass is 10.1.